The van der Waals surface area contributed by atoms with Crippen LogP contribution in [0.3, 0.4) is 0 Å². The molecular weight excluding hydrogens is 372 g/mol. The van der Waals surface area contributed by atoms with Crippen LogP contribution < -0.4 is 15.5 Å². The standard InChI is InChI=1S/C20H24N6O3/c1-28-12-17(13-6-4-3-5-7-13)22-20(27)23-18-8-16-15(9-21-18)19(25-24-16)26-10-14(11-26)29-2/h3-9,14,17H,10-12H2,1-2H3,(H,24,25)(H2,21,22,23,27). The molecule has 1 saturated heterocycles. The number of methoxy groups -OCH3 is 2. The Kier molecular flexibility index (Phi) is 5.59. The molecule has 0 bridgehead atoms. The van der Waals surface area contributed by atoms with Crippen molar-refractivity contribution in [2.75, 3.05) is 44.1 Å². The number of nitrogens with one attached hydrogen (secondary N) is 3. The Morgan fingerprint density at radius 3 is 2.83 bits per heavy atom. The average molecular weight is 396 g/mol. The van der Waals surface area contributed by atoms with E-state index in [-0.39, 0.29) is 18.2 Å². The van der Waals surface area contributed by atoms with Crippen LogP contribution in [-0.4, -0.2) is 61.2 Å². The fourth-order valence-electron chi connectivity index (χ4n) is 3.35. The number of carbonyl (C=O) groups is 1. The van der Waals surface area contributed by atoms with E-state index in [1.54, 1.807) is 26.5 Å². The zero-order valence-corrected chi connectivity index (χ0v) is 16.4. The number of carbonyl (C=O) groups excluding carboxylic acids is 1. The Morgan fingerprint density at radius 2 is 2.10 bits per heavy atom. The SMILES string of the molecule is COCC(NC(=O)Nc1cc2[nH]nc(N3CC(OC)C3)c2cn1)c1ccccc1. The summed E-state index contributed by atoms with van der Waals surface area (Å²) in [6, 6.07) is 10.8. The van der Waals surface area contributed by atoms with Crippen LogP contribution in [0.2, 0.25) is 0 Å². The number of H-pyrrole nitrogens is 1. The maximum Gasteiger partial charge on any atom is 0.320 e. The molecule has 1 aliphatic rings. The van der Waals surface area contributed by atoms with Crippen molar-refractivity contribution in [2.45, 2.75) is 12.1 Å². The minimum Gasteiger partial charge on any atom is -0.382 e. The second-order valence-corrected chi connectivity index (χ2v) is 6.94. The lowest BCUT2D eigenvalue weighted by Gasteiger charge is -2.38. The lowest BCUT2D eigenvalue weighted by atomic mass is 10.1. The first kappa shape index (κ1) is 19.2. The van der Waals surface area contributed by atoms with Crippen molar-refractivity contribution < 1.29 is 14.3 Å². The van der Waals surface area contributed by atoms with E-state index in [1.165, 1.54) is 0 Å². The number of nitrogens with zero attached hydrogens (tertiary/aromatic N) is 3. The minimum atomic E-state index is -0.354. The zero-order valence-electron chi connectivity index (χ0n) is 16.4. The molecule has 3 heterocycles. The van der Waals surface area contributed by atoms with Gasteiger partial charge in [-0.2, -0.15) is 5.10 Å². The molecule has 1 fully saturated rings. The average Bonchev–Trinajstić information content (AvgIpc) is 3.10. The van der Waals surface area contributed by atoms with Gasteiger partial charge in [-0.05, 0) is 5.56 Å². The van der Waals surface area contributed by atoms with E-state index >= 15 is 0 Å². The third-order valence-corrected chi connectivity index (χ3v) is 4.99. The molecule has 29 heavy (non-hydrogen) atoms. The molecule has 1 aliphatic heterocycles. The summed E-state index contributed by atoms with van der Waals surface area (Å²) in [5.74, 6) is 1.29. The molecular formula is C20H24N6O3. The van der Waals surface area contributed by atoms with Gasteiger partial charge in [0.1, 0.15) is 5.82 Å². The molecule has 9 heteroatoms. The molecule has 3 N–H and O–H groups in total. The van der Waals surface area contributed by atoms with Gasteiger partial charge in [0, 0.05) is 39.6 Å². The first-order valence-electron chi connectivity index (χ1n) is 9.41. The van der Waals surface area contributed by atoms with E-state index in [9.17, 15) is 4.79 Å². The van der Waals surface area contributed by atoms with Crippen LogP contribution in [0.15, 0.2) is 42.6 Å². The smallest absolute Gasteiger partial charge is 0.320 e. The van der Waals surface area contributed by atoms with E-state index in [0.717, 1.165) is 35.4 Å². The van der Waals surface area contributed by atoms with Gasteiger partial charge in [-0.15, -0.1) is 0 Å². The van der Waals surface area contributed by atoms with Crippen molar-refractivity contribution in [3.05, 3.63) is 48.2 Å². The molecule has 2 amide bonds. The first-order valence-corrected chi connectivity index (χ1v) is 9.41. The lowest BCUT2D eigenvalue weighted by Crippen LogP contribution is -2.52. The highest BCUT2D eigenvalue weighted by Gasteiger charge is 2.29. The number of ether oxygens (including phenoxy) is 2. The molecule has 1 unspecified atom stereocenters. The van der Waals surface area contributed by atoms with Crippen molar-refractivity contribution in [2.24, 2.45) is 0 Å². The van der Waals surface area contributed by atoms with Crippen LogP contribution in [0.5, 0.6) is 0 Å². The summed E-state index contributed by atoms with van der Waals surface area (Å²) in [5.41, 5.74) is 1.78. The van der Waals surface area contributed by atoms with Gasteiger partial charge >= 0.3 is 6.03 Å². The van der Waals surface area contributed by atoms with Gasteiger partial charge in [-0.3, -0.25) is 10.4 Å². The summed E-state index contributed by atoms with van der Waals surface area (Å²) in [6.45, 7) is 1.98. The predicted octanol–water partition coefficient (Wildman–Crippen LogP) is 2.30. The van der Waals surface area contributed by atoms with Crippen LogP contribution in [-0.2, 0) is 9.47 Å². The molecule has 2 aromatic heterocycles. The zero-order chi connectivity index (χ0) is 20.2. The molecule has 1 aromatic carbocycles. The second kappa shape index (κ2) is 8.46. The third-order valence-electron chi connectivity index (χ3n) is 4.99. The Morgan fingerprint density at radius 1 is 1.31 bits per heavy atom. The highest BCUT2D eigenvalue weighted by atomic mass is 16.5. The predicted molar refractivity (Wildman–Crippen MR) is 110 cm³/mol. The maximum absolute atomic E-state index is 12.5. The van der Waals surface area contributed by atoms with E-state index in [1.807, 2.05) is 30.3 Å². The summed E-state index contributed by atoms with van der Waals surface area (Å²) in [5, 5.41) is 14.0. The highest BCUT2D eigenvalue weighted by molar-refractivity contribution is 5.94. The van der Waals surface area contributed by atoms with Crippen LogP contribution in [0.4, 0.5) is 16.4 Å². The highest BCUT2D eigenvalue weighted by Crippen LogP contribution is 2.28. The molecule has 4 rings (SSSR count). The number of urea groups is 1. The fourth-order valence-corrected chi connectivity index (χ4v) is 3.35. The summed E-state index contributed by atoms with van der Waals surface area (Å²) in [7, 11) is 3.32. The number of amides is 2. The summed E-state index contributed by atoms with van der Waals surface area (Å²) in [4.78, 5) is 19.0. The summed E-state index contributed by atoms with van der Waals surface area (Å²) >= 11 is 0. The first-order chi connectivity index (χ1) is 14.2. The van der Waals surface area contributed by atoms with Crippen LogP contribution in [0, 0.1) is 0 Å². The molecule has 152 valence electrons. The molecule has 0 saturated carbocycles. The largest absolute Gasteiger partial charge is 0.382 e. The Bertz CT molecular complexity index is 971. The topological polar surface area (TPSA) is 104 Å². The van der Waals surface area contributed by atoms with Crippen molar-refractivity contribution >= 4 is 28.6 Å². The minimum absolute atomic E-state index is 0.240. The Labute approximate surface area is 168 Å². The number of benzene rings is 1. The maximum atomic E-state index is 12.5. The van der Waals surface area contributed by atoms with Gasteiger partial charge in [-0.25, -0.2) is 9.78 Å². The number of pyridine rings is 1. The molecule has 1 atom stereocenters. The lowest BCUT2D eigenvalue weighted by molar-refractivity contribution is 0.0784. The molecule has 9 nitrogen and oxygen atoms in total. The molecule has 0 radical (unpaired) electrons. The van der Waals surface area contributed by atoms with E-state index in [2.05, 4.69) is 30.7 Å². The molecule has 0 aliphatic carbocycles. The van der Waals surface area contributed by atoms with Gasteiger partial charge in [-0.1, -0.05) is 30.3 Å². The number of anilines is 2. The number of aromatic nitrogens is 3. The van der Waals surface area contributed by atoms with Crippen LogP contribution in [0.25, 0.3) is 10.9 Å². The fraction of sp³-hybridized carbons (Fsp3) is 0.350. The quantitative estimate of drug-likeness (QED) is 0.566. The van der Waals surface area contributed by atoms with Gasteiger partial charge in [0.15, 0.2) is 5.82 Å². The monoisotopic (exact) mass is 396 g/mol. The van der Waals surface area contributed by atoms with Gasteiger partial charge in [0.2, 0.25) is 0 Å². The van der Waals surface area contributed by atoms with Crippen molar-refractivity contribution in [3.8, 4) is 0 Å². The van der Waals surface area contributed by atoms with Crippen molar-refractivity contribution in [3.63, 3.8) is 0 Å². The summed E-state index contributed by atoms with van der Waals surface area (Å²) in [6.07, 6.45) is 1.96. The number of hydrogen-bond acceptors (Lipinski definition) is 6. The normalized spacial score (nSPS) is 15.2. The van der Waals surface area contributed by atoms with E-state index < -0.39 is 0 Å². The Hall–Kier alpha value is -3.17. The van der Waals surface area contributed by atoms with Crippen molar-refractivity contribution in [1.82, 2.24) is 20.5 Å². The van der Waals surface area contributed by atoms with E-state index in [0.29, 0.717) is 12.4 Å². The number of aromatic amines is 1. The van der Waals surface area contributed by atoms with E-state index in [4.69, 9.17) is 9.47 Å². The summed E-state index contributed by atoms with van der Waals surface area (Å²) < 4.78 is 10.6. The van der Waals surface area contributed by atoms with Gasteiger partial charge < -0.3 is 19.7 Å². The number of rotatable bonds is 7. The van der Waals surface area contributed by atoms with Gasteiger partial charge in [0.25, 0.3) is 0 Å². The van der Waals surface area contributed by atoms with Crippen molar-refractivity contribution in [1.29, 1.82) is 0 Å². The molecule has 3 aromatic rings. The van der Waals surface area contributed by atoms with Crippen LogP contribution >= 0.6 is 0 Å². The number of hydrogen-bond donors (Lipinski definition) is 3. The van der Waals surface area contributed by atoms with Gasteiger partial charge in [0.05, 0.1) is 29.7 Å². The third kappa shape index (κ3) is 4.15. The Balaban J connectivity index is 1.43. The van der Waals surface area contributed by atoms with Crippen LogP contribution in [0.1, 0.15) is 11.6 Å². The second-order valence-electron chi connectivity index (χ2n) is 6.94. The number of fused-ring (bicyclic) bond motifs is 1. The molecule has 0 spiro atoms.